The Balaban J connectivity index is 2.08. The van der Waals surface area contributed by atoms with Gasteiger partial charge in [-0.15, -0.1) is 11.8 Å². The van der Waals surface area contributed by atoms with Crippen molar-refractivity contribution < 1.29 is 14.4 Å². The van der Waals surface area contributed by atoms with Crippen molar-refractivity contribution >= 4 is 35.2 Å². The first-order valence-corrected chi connectivity index (χ1v) is 7.67. The zero-order valence-electron chi connectivity index (χ0n) is 11.8. The lowest BCUT2D eigenvalue weighted by Crippen LogP contribution is -2.34. The third kappa shape index (κ3) is 8.69. The van der Waals surface area contributed by atoms with Gasteiger partial charge in [0.25, 0.3) is 0 Å². The number of carbonyl (C=O) groups excluding carboxylic acids is 3. The molecule has 3 N–H and O–H groups in total. The van der Waals surface area contributed by atoms with E-state index in [0.29, 0.717) is 13.1 Å². The maximum Gasteiger partial charge on any atom is 0.234 e. The number of hydrogen-bond donors (Lipinski definition) is 3. The van der Waals surface area contributed by atoms with E-state index in [1.165, 1.54) is 18.7 Å². The number of nitrogens with one attached hydrogen (secondary N) is 3. The Bertz CT molecular complexity index is 480. The summed E-state index contributed by atoms with van der Waals surface area (Å²) in [5, 5.41) is 7.97. The molecular weight excluding hydrogens is 290 g/mol. The van der Waals surface area contributed by atoms with E-state index in [9.17, 15) is 14.4 Å². The third-order valence-electron chi connectivity index (χ3n) is 2.34. The minimum absolute atomic E-state index is 0.129. The molecule has 0 aliphatic carbocycles. The first kappa shape index (κ1) is 17.0. The molecule has 0 atom stereocenters. The number of rotatable bonds is 8. The van der Waals surface area contributed by atoms with Gasteiger partial charge in [-0.3, -0.25) is 14.4 Å². The summed E-state index contributed by atoms with van der Waals surface area (Å²) in [4.78, 5) is 33.7. The largest absolute Gasteiger partial charge is 0.355 e. The van der Waals surface area contributed by atoms with Crippen LogP contribution in [0.3, 0.4) is 0 Å². The maximum absolute atomic E-state index is 11.6. The molecule has 1 rings (SSSR count). The van der Waals surface area contributed by atoms with Crippen LogP contribution < -0.4 is 16.0 Å². The van der Waals surface area contributed by atoms with Gasteiger partial charge < -0.3 is 16.0 Å². The van der Waals surface area contributed by atoms with Crippen molar-refractivity contribution in [3.05, 3.63) is 30.3 Å². The molecule has 21 heavy (non-hydrogen) atoms. The van der Waals surface area contributed by atoms with Crippen LogP contribution in [0.2, 0.25) is 0 Å². The summed E-state index contributed by atoms with van der Waals surface area (Å²) < 4.78 is 0. The average Bonchev–Trinajstić information content (AvgIpc) is 2.44. The van der Waals surface area contributed by atoms with E-state index < -0.39 is 0 Å². The summed E-state index contributed by atoms with van der Waals surface area (Å²) >= 11 is 1.24. The highest BCUT2D eigenvalue weighted by Crippen LogP contribution is 2.06. The first-order chi connectivity index (χ1) is 10.1. The number of amides is 3. The maximum atomic E-state index is 11.6. The van der Waals surface area contributed by atoms with Crippen LogP contribution in [0.25, 0.3) is 0 Å². The van der Waals surface area contributed by atoms with E-state index >= 15 is 0 Å². The summed E-state index contributed by atoms with van der Waals surface area (Å²) in [6, 6.07) is 9.15. The van der Waals surface area contributed by atoms with Gasteiger partial charge in [-0.05, 0) is 12.1 Å². The van der Waals surface area contributed by atoms with Crippen molar-refractivity contribution in [1.29, 1.82) is 0 Å². The molecule has 1 aromatic rings. The molecular formula is C14H19N3O3S. The topological polar surface area (TPSA) is 87.3 Å². The molecule has 7 heteroatoms. The van der Waals surface area contributed by atoms with Gasteiger partial charge in [0, 0.05) is 25.7 Å². The van der Waals surface area contributed by atoms with Gasteiger partial charge in [0.15, 0.2) is 0 Å². The van der Waals surface area contributed by atoms with E-state index in [1.807, 2.05) is 18.2 Å². The number of para-hydroxylation sites is 1. The number of carbonyl (C=O) groups is 3. The standard InChI is InChI=1S/C14H19N3O3S/c1-11(18)15-7-8-16-13(19)9-21-10-14(20)17-12-5-3-2-4-6-12/h2-6H,7-10H2,1H3,(H,15,18)(H,16,19)(H,17,20). The summed E-state index contributed by atoms with van der Waals surface area (Å²) in [7, 11) is 0. The monoisotopic (exact) mass is 309 g/mol. The number of hydrogen-bond acceptors (Lipinski definition) is 4. The molecule has 1 aromatic carbocycles. The van der Waals surface area contributed by atoms with Crippen molar-refractivity contribution in [1.82, 2.24) is 10.6 Å². The Morgan fingerprint density at radius 2 is 1.57 bits per heavy atom. The second-order valence-corrected chi connectivity index (χ2v) is 5.23. The van der Waals surface area contributed by atoms with Gasteiger partial charge in [0.1, 0.15) is 0 Å². The van der Waals surface area contributed by atoms with Gasteiger partial charge in [-0.2, -0.15) is 0 Å². The lowest BCUT2D eigenvalue weighted by atomic mass is 10.3. The summed E-state index contributed by atoms with van der Waals surface area (Å²) in [5.41, 5.74) is 0.739. The van der Waals surface area contributed by atoms with Crippen molar-refractivity contribution in [3.8, 4) is 0 Å². The highest BCUT2D eigenvalue weighted by molar-refractivity contribution is 8.00. The Kier molecular flexibility index (Phi) is 7.96. The first-order valence-electron chi connectivity index (χ1n) is 6.51. The van der Waals surface area contributed by atoms with Crippen LogP contribution in [0.4, 0.5) is 5.69 Å². The normalized spacial score (nSPS) is 9.76. The Morgan fingerprint density at radius 1 is 0.952 bits per heavy atom. The fourth-order valence-electron chi connectivity index (χ4n) is 1.45. The van der Waals surface area contributed by atoms with E-state index in [2.05, 4.69) is 16.0 Å². The summed E-state index contributed by atoms with van der Waals surface area (Å²) in [6.07, 6.45) is 0. The second kappa shape index (κ2) is 9.82. The van der Waals surface area contributed by atoms with E-state index in [-0.39, 0.29) is 29.2 Å². The van der Waals surface area contributed by atoms with Crippen LogP contribution >= 0.6 is 11.8 Å². The SMILES string of the molecule is CC(=O)NCCNC(=O)CSCC(=O)Nc1ccccc1. The zero-order chi connectivity index (χ0) is 15.5. The fourth-order valence-corrected chi connectivity index (χ4v) is 2.09. The van der Waals surface area contributed by atoms with Crippen molar-refractivity contribution in [2.75, 3.05) is 29.9 Å². The van der Waals surface area contributed by atoms with Crippen molar-refractivity contribution in [3.63, 3.8) is 0 Å². The van der Waals surface area contributed by atoms with Crippen LogP contribution in [-0.2, 0) is 14.4 Å². The molecule has 0 radical (unpaired) electrons. The van der Waals surface area contributed by atoms with Gasteiger partial charge in [0.05, 0.1) is 11.5 Å². The molecule has 0 aliphatic heterocycles. The molecule has 6 nitrogen and oxygen atoms in total. The van der Waals surface area contributed by atoms with E-state index in [1.54, 1.807) is 12.1 Å². The predicted molar refractivity (Wildman–Crippen MR) is 84.1 cm³/mol. The zero-order valence-corrected chi connectivity index (χ0v) is 12.7. The van der Waals surface area contributed by atoms with Crippen LogP contribution in [0, 0.1) is 0 Å². The highest BCUT2D eigenvalue weighted by Gasteiger charge is 2.05. The van der Waals surface area contributed by atoms with Gasteiger partial charge in [0.2, 0.25) is 17.7 Å². The minimum Gasteiger partial charge on any atom is -0.355 e. The lowest BCUT2D eigenvalue weighted by molar-refractivity contribution is -0.120. The van der Waals surface area contributed by atoms with Crippen LogP contribution in [0.5, 0.6) is 0 Å². The van der Waals surface area contributed by atoms with E-state index in [0.717, 1.165) is 5.69 Å². The molecule has 0 saturated heterocycles. The van der Waals surface area contributed by atoms with Crippen LogP contribution in [0.15, 0.2) is 30.3 Å². The molecule has 0 bridgehead atoms. The van der Waals surface area contributed by atoms with Gasteiger partial charge in [-0.1, -0.05) is 18.2 Å². The molecule has 0 fully saturated rings. The number of benzene rings is 1. The molecule has 114 valence electrons. The fraction of sp³-hybridized carbons (Fsp3) is 0.357. The molecule has 0 heterocycles. The molecule has 3 amide bonds. The van der Waals surface area contributed by atoms with Crippen molar-refractivity contribution in [2.45, 2.75) is 6.92 Å². The molecule has 0 unspecified atom stereocenters. The molecule has 0 aromatic heterocycles. The molecule has 0 aliphatic rings. The summed E-state index contributed by atoms with van der Waals surface area (Å²) in [6.45, 7) is 2.21. The summed E-state index contributed by atoms with van der Waals surface area (Å²) in [5.74, 6) is 0.00217. The van der Waals surface area contributed by atoms with Gasteiger partial charge in [-0.25, -0.2) is 0 Å². The lowest BCUT2D eigenvalue weighted by Gasteiger charge is -2.06. The van der Waals surface area contributed by atoms with Gasteiger partial charge >= 0.3 is 0 Å². The Hall–Kier alpha value is -2.02. The quantitative estimate of drug-likeness (QED) is 0.614. The minimum atomic E-state index is -0.155. The highest BCUT2D eigenvalue weighted by atomic mass is 32.2. The average molecular weight is 309 g/mol. The smallest absolute Gasteiger partial charge is 0.234 e. The second-order valence-electron chi connectivity index (χ2n) is 4.24. The number of anilines is 1. The third-order valence-corrected chi connectivity index (χ3v) is 3.28. The number of thioether (sulfide) groups is 1. The Morgan fingerprint density at radius 3 is 2.24 bits per heavy atom. The molecule has 0 spiro atoms. The van der Waals surface area contributed by atoms with Crippen LogP contribution in [0.1, 0.15) is 6.92 Å². The molecule has 0 saturated carbocycles. The Labute approximate surface area is 128 Å². The van der Waals surface area contributed by atoms with Crippen molar-refractivity contribution in [2.24, 2.45) is 0 Å². The van der Waals surface area contributed by atoms with Crippen LogP contribution in [-0.4, -0.2) is 42.3 Å². The predicted octanol–water partition coefficient (Wildman–Crippen LogP) is 0.611. The van der Waals surface area contributed by atoms with E-state index in [4.69, 9.17) is 0 Å².